The van der Waals surface area contributed by atoms with Crippen LogP contribution < -0.4 is 0 Å². The average molecular weight is 357 g/mol. The molecule has 25 heavy (non-hydrogen) atoms. The van der Waals surface area contributed by atoms with Crippen LogP contribution in [0.1, 0.15) is 46.4 Å². The lowest BCUT2D eigenvalue weighted by Crippen LogP contribution is -2.48. The Balaban J connectivity index is 1.92. The van der Waals surface area contributed by atoms with Crippen LogP contribution in [0.4, 0.5) is 0 Å². The molecule has 0 radical (unpaired) electrons. The molecule has 1 heterocycles. The molecule has 1 saturated carbocycles. The molecule has 2 atom stereocenters. The predicted octanol–water partition coefficient (Wildman–Crippen LogP) is 2.79. The number of Topliss-reactive ketones (excluding diaryl/α,β-unsaturated/α-hetero) is 1. The van der Waals surface area contributed by atoms with Gasteiger partial charge in [0.05, 0.1) is 22.7 Å². The number of hydrogen-bond acceptors (Lipinski definition) is 5. The third kappa shape index (κ3) is 2.87. The van der Waals surface area contributed by atoms with Crippen molar-refractivity contribution < 1.29 is 23.7 Å². The molecule has 1 fully saturated rings. The minimum Gasteiger partial charge on any atom is -0.294 e. The fourth-order valence-electron chi connectivity index (χ4n) is 3.62. The second-order valence-corrected chi connectivity index (χ2v) is 6.81. The molecule has 2 amide bonds. The molecule has 2 unspecified atom stereocenters. The molecule has 0 aromatic heterocycles. The van der Waals surface area contributed by atoms with Gasteiger partial charge in [-0.05, 0) is 25.0 Å². The minimum atomic E-state index is -0.864. The first-order valence-electron chi connectivity index (χ1n) is 8.05. The zero-order valence-electron chi connectivity index (χ0n) is 13.4. The lowest BCUT2D eigenvalue weighted by molar-refractivity contribution is -0.123. The summed E-state index contributed by atoms with van der Waals surface area (Å²) in [6, 6.07) is 5.94. The molecule has 0 N–H and O–H groups in total. The maximum Gasteiger partial charge on any atom is 0.261 e. The summed E-state index contributed by atoms with van der Waals surface area (Å²) >= 11 is 0. The summed E-state index contributed by atoms with van der Waals surface area (Å²) in [5, 5.41) is 0. The minimum absolute atomic E-state index is 0.331. The quantitative estimate of drug-likeness (QED) is 0.266. The fourth-order valence-corrected chi connectivity index (χ4v) is 3.84. The van der Waals surface area contributed by atoms with Crippen molar-refractivity contribution in [3.05, 3.63) is 47.5 Å². The van der Waals surface area contributed by atoms with Gasteiger partial charge in [0.2, 0.25) is 8.46 Å². The van der Waals surface area contributed by atoms with Gasteiger partial charge in [-0.2, -0.15) is 0 Å². The van der Waals surface area contributed by atoms with Crippen LogP contribution in [0, 0.1) is 5.92 Å². The number of rotatable bonds is 5. The van der Waals surface area contributed by atoms with E-state index in [9.17, 15) is 23.7 Å². The number of nitrogens with zero attached hydrogens (tertiary/aromatic N) is 1. The molecule has 1 aliphatic heterocycles. The monoisotopic (exact) mass is 357 g/mol. The number of allylic oxidation sites excluding steroid dienone is 1. The van der Waals surface area contributed by atoms with E-state index in [2.05, 4.69) is 6.58 Å². The summed E-state index contributed by atoms with van der Waals surface area (Å²) in [6.07, 6.45) is 2.49. The number of hydrogen-bond donors (Lipinski definition) is 0. The van der Waals surface area contributed by atoms with E-state index in [0.29, 0.717) is 24.0 Å². The summed E-state index contributed by atoms with van der Waals surface area (Å²) in [5.41, 5.74) is -0.545. The Morgan fingerprint density at radius 2 is 1.60 bits per heavy atom. The van der Waals surface area contributed by atoms with Gasteiger partial charge in [-0.25, -0.2) is 0 Å². The van der Waals surface area contributed by atoms with Gasteiger partial charge < -0.3 is 0 Å². The Morgan fingerprint density at radius 1 is 1.04 bits per heavy atom. The van der Waals surface area contributed by atoms with Crippen molar-refractivity contribution in [2.75, 3.05) is 0 Å². The Kier molecular flexibility index (Phi) is 4.73. The average Bonchev–Trinajstić information content (AvgIpc) is 2.91. The largest absolute Gasteiger partial charge is 0.294 e. The normalized spacial score (nSPS) is 22.8. The van der Waals surface area contributed by atoms with Crippen LogP contribution in [0.15, 0.2) is 36.4 Å². The molecule has 7 heteroatoms. The van der Waals surface area contributed by atoms with Gasteiger partial charge in [-0.1, -0.05) is 31.6 Å². The molecule has 2 aliphatic rings. The van der Waals surface area contributed by atoms with Crippen LogP contribution in [-0.2, 0) is 14.2 Å². The molecule has 1 aliphatic carbocycles. The van der Waals surface area contributed by atoms with Gasteiger partial charge in [0.15, 0.2) is 5.78 Å². The van der Waals surface area contributed by atoms with E-state index >= 15 is 0 Å². The Hall–Kier alpha value is -2.46. The van der Waals surface area contributed by atoms with Crippen molar-refractivity contribution >= 4 is 31.6 Å². The number of carbonyl (C=O) groups is 4. The maximum absolute atomic E-state index is 12.7. The zero-order chi connectivity index (χ0) is 18.1. The zero-order valence-corrected chi connectivity index (χ0v) is 14.3. The van der Waals surface area contributed by atoms with Crippen LogP contribution in [0.25, 0.3) is 0 Å². The number of ketones is 1. The highest BCUT2D eigenvalue weighted by atomic mass is 31.1. The highest BCUT2D eigenvalue weighted by Gasteiger charge is 2.45. The van der Waals surface area contributed by atoms with Crippen molar-refractivity contribution in [2.24, 2.45) is 5.92 Å². The van der Waals surface area contributed by atoms with E-state index in [1.807, 2.05) is 0 Å². The maximum atomic E-state index is 12.7. The van der Waals surface area contributed by atoms with Crippen molar-refractivity contribution in [3.63, 3.8) is 0 Å². The topological polar surface area (TPSA) is 88.6 Å². The fraction of sp³-hybridized carbons (Fsp3) is 0.333. The molecule has 6 nitrogen and oxygen atoms in total. The molecule has 1 aromatic carbocycles. The van der Waals surface area contributed by atoms with Crippen LogP contribution in [0.5, 0.6) is 0 Å². The first-order chi connectivity index (χ1) is 12.0. The second-order valence-electron chi connectivity index (χ2n) is 6.22. The number of imide groups is 1. The highest BCUT2D eigenvalue weighted by Crippen LogP contribution is 2.36. The summed E-state index contributed by atoms with van der Waals surface area (Å²) in [6.45, 7) is 3.44. The van der Waals surface area contributed by atoms with Crippen LogP contribution in [0.2, 0.25) is 0 Å². The smallest absolute Gasteiger partial charge is 0.261 e. The molecule has 0 bridgehead atoms. The van der Waals surface area contributed by atoms with Gasteiger partial charge >= 0.3 is 0 Å². The number of carbonyl (C=O) groups excluding carboxylic acids is 4. The van der Waals surface area contributed by atoms with Crippen LogP contribution in [-0.4, -0.2) is 34.1 Å². The molecular weight excluding hydrogens is 341 g/mol. The first kappa shape index (κ1) is 17.4. The summed E-state index contributed by atoms with van der Waals surface area (Å²) in [5.74, 6) is -2.04. The Bertz CT molecular complexity index is 780. The van der Waals surface area contributed by atoms with Crippen molar-refractivity contribution in [3.8, 4) is 0 Å². The van der Waals surface area contributed by atoms with E-state index in [0.717, 1.165) is 17.7 Å². The van der Waals surface area contributed by atoms with E-state index in [1.54, 1.807) is 24.3 Å². The molecular formula is C18H16NO5P. The number of fused-ring (bicyclic) bond motifs is 1. The molecule has 3 rings (SSSR count). The predicted molar refractivity (Wildman–Crippen MR) is 89.4 cm³/mol. The van der Waals surface area contributed by atoms with Crippen LogP contribution in [0.3, 0.4) is 0 Å². The molecule has 128 valence electrons. The summed E-state index contributed by atoms with van der Waals surface area (Å²) in [7, 11) is -0.791. The second kappa shape index (κ2) is 6.81. The SMILES string of the molecule is C=C(C(=O)P=O)C(=O)C1CCCCC1N1C(=O)c2ccccc2C1=O. The lowest BCUT2D eigenvalue weighted by atomic mass is 9.79. The Morgan fingerprint density at radius 3 is 2.16 bits per heavy atom. The van der Waals surface area contributed by atoms with Crippen LogP contribution >= 0.6 is 8.46 Å². The first-order valence-corrected chi connectivity index (χ1v) is 8.86. The van der Waals surface area contributed by atoms with Gasteiger partial charge in [0.25, 0.3) is 17.3 Å². The number of amides is 2. The molecule has 1 aromatic rings. The highest BCUT2D eigenvalue weighted by molar-refractivity contribution is 7.47. The van der Waals surface area contributed by atoms with E-state index in [1.165, 1.54) is 0 Å². The van der Waals surface area contributed by atoms with Gasteiger partial charge in [-0.3, -0.25) is 28.6 Å². The van der Waals surface area contributed by atoms with Gasteiger partial charge in [0, 0.05) is 5.92 Å². The Labute approximate surface area is 146 Å². The van der Waals surface area contributed by atoms with Crippen molar-refractivity contribution in [2.45, 2.75) is 31.7 Å². The molecule has 0 spiro atoms. The molecule has 0 saturated heterocycles. The van der Waals surface area contributed by atoms with Crippen molar-refractivity contribution in [1.29, 1.82) is 0 Å². The summed E-state index contributed by atoms with van der Waals surface area (Å²) in [4.78, 5) is 50.7. The number of benzene rings is 1. The van der Waals surface area contributed by atoms with Crippen molar-refractivity contribution in [1.82, 2.24) is 4.90 Å². The third-order valence-corrected chi connectivity index (χ3v) is 5.30. The van der Waals surface area contributed by atoms with E-state index in [4.69, 9.17) is 0 Å². The third-order valence-electron chi connectivity index (χ3n) is 4.86. The standard InChI is InChI=1S/C18H16NO5P/c1-10(18(23)25-24)15(20)13-8-4-5-9-14(13)19-16(21)11-6-2-3-7-12(11)17(19)22/h2-3,6-7,13-14H,1,4-5,8-9H2. The lowest BCUT2D eigenvalue weighted by Gasteiger charge is -2.35. The van der Waals surface area contributed by atoms with Gasteiger partial charge in [0.1, 0.15) is 0 Å². The van der Waals surface area contributed by atoms with E-state index < -0.39 is 43.5 Å². The van der Waals surface area contributed by atoms with E-state index in [-0.39, 0.29) is 5.57 Å². The summed E-state index contributed by atoms with van der Waals surface area (Å²) < 4.78 is 10.7. The van der Waals surface area contributed by atoms with Gasteiger partial charge in [-0.15, -0.1) is 0 Å².